The third-order valence-corrected chi connectivity index (χ3v) is 1.63. The van der Waals surface area contributed by atoms with E-state index in [-0.39, 0.29) is 5.90 Å². The minimum atomic E-state index is 0.178. The predicted molar refractivity (Wildman–Crippen MR) is 36.0 cm³/mol. The van der Waals surface area contributed by atoms with Gasteiger partial charge in [0.25, 0.3) is 0 Å². The lowest BCUT2D eigenvalue weighted by molar-refractivity contribution is 0.402. The lowest BCUT2D eigenvalue weighted by Crippen LogP contribution is -1.96. The second-order valence-electron chi connectivity index (χ2n) is 1.40. The Balaban J connectivity index is 2.77. The molecule has 0 atom stereocenters. The molecule has 48 valence electrons. The maximum Gasteiger partial charge on any atom is 0.224 e. The van der Waals surface area contributed by atoms with Gasteiger partial charge in [-0.2, -0.15) is 0 Å². The van der Waals surface area contributed by atoms with Gasteiger partial charge in [0.2, 0.25) is 5.90 Å². The number of nitrogens with zero attached hydrogens (tertiary/aromatic N) is 1. The molecule has 0 spiro atoms. The van der Waals surface area contributed by atoms with E-state index in [2.05, 4.69) is 9.72 Å². The molecule has 1 aromatic rings. The van der Waals surface area contributed by atoms with Gasteiger partial charge >= 0.3 is 0 Å². The molecule has 0 saturated heterocycles. The summed E-state index contributed by atoms with van der Waals surface area (Å²) in [5.74, 6) is 0.178. The molecule has 4 heteroatoms. The summed E-state index contributed by atoms with van der Waals surface area (Å²) in [6, 6.07) is 0. The van der Waals surface area contributed by atoms with Crippen molar-refractivity contribution in [2.75, 3.05) is 7.11 Å². The highest BCUT2D eigenvalue weighted by Gasteiger charge is 1.99. The van der Waals surface area contributed by atoms with Gasteiger partial charge in [-0.1, -0.05) is 0 Å². The maximum absolute atomic E-state index is 7.14. The zero-order valence-corrected chi connectivity index (χ0v) is 5.73. The first-order chi connectivity index (χ1) is 4.34. The number of thiazole rings is 1. The van der Waals surface area contributed by atoms with E-state index < -0.39 is 0 Å². The SMILES string of the molecule is COC(=N)c1cncs1. The highest BCUT2D eigenvalue weighted by atomic mass is 32.1. The number of hydrogen-bond acceptors (Lipinski definition) is 4. The summed E-state index contributed by atoms with van der Waals surface area (Å²) in [5, 5.41) is 7.14. The van der Waals surface area contributed by atoms with Gasteiger partial charge < -0.3 is 4.74 Å². The van der Waals surface area contributed by atoms with Gasteiger partial charge in [0.1, 0.15) is 4.88 Å². The van der Waals surface area contributed by atoms with E-state index in [1.807, 2.05) is 0 Å². The molecular formula is C5H6N2OS. The number of aromatic nitrogens is 1. The molecule has 0 aliphatic heterocycles. The molecule has 0 fully saturated rings. The summed E-state index contributed by atoms with van der Waals surface area (Å²) < 4.78 is 4.65. The van der Waals surface area contributed by atoms with E-state index in [4.69, 9.17) is 5.41 Å². The molecule has 0 amide bonds. The Hall–Kier alpha value is -0.900. The highest BCUT2D eigenvalue weighted by molar-refractivity contribution is 7.11. The van der Waals surface area contributed by atoms with Crippen molar-refractivity contribution in [1.82, 2.24) is 4.98 Å². The van der Waals surface area contributed by atoms with E-state index in [1.165, 1.54) is 18.4 Å². The number of nitrogens with one attached hydrogen (secondary N) is 1. The minimum Gasteiger partial charge on any atom is -0.480 e. The average Bonchev–Trinajstić information content (AvgIpc) is 2.37. The average molecular weight is 142 g/mol. The molecule has 0 aliphatic carbocycles. The number of ether oxygens (including phenoxy) is 1. The van der Waals surface area contributed by atoms with Crippen LogP contribution in [0.15, 0.2) is 11.7 Å². The Morgan fingerprint density at radius 2 is 2.67 bits per heavy atom. The first-order valence-corrected chi connectivity index (χ1v) is 3.24. The van der Waals surface area contributed by atoms with Crippen molar-refractivity contribution in [3.05, 3.63) is 16.6 Å². The second kappa shape index (κ2) is 2.59. The summed E-state index contributed by atoms with van der Waals surface area (Å²) in [6.07, 6.45) is 1.61. The van der Waals surface area contributed by atoms with Crippen molar-refractivity contribution >= 4 is 17.2 Å². The minimum absolute atomic E-state index is 0.178. The van der Waals surface area contributed by atoms with E-state index in [9.17, 15) is 0 Å². The Morgan fingerprint density at radius 3 is 3.11 bits per heavy atom. The quantitative estimate of drug-likeness (QED) is 0.471. The maximum atomic E-state index is 7.14. The van der Waals surface area contributed by atoms with Gasteiger partial charge in [-0.05, 0) is 0 Å². The second-order valence-corrected chi connectivity index (χ2v) is 2.29. The lowest BCUT2D eigenvalue weighted by Gasteiger charge is -1.93. The van der Waals surface area contributed by atoms with Gasteiger partial charge in [0, 0.05) is 0 Å². The van der Waals surface area contributed by atoms with Gasteiger partial charge in [0.15, 0.2) is 0 Å². The Labute approximate surface area is 56.8 Å². The fourth-order valence-corrected chi connectivity index (χ4v) is 0.976. The number of rotatable bonds is 1. The van der Waals surface area contributed by atoms with Crippen molar-refractivity contribution in [3.8, 4) is 0 Å². The van der Waals surface area contributed by atoms with Crippen LogP contribution in [0.5, 0.6) is 0 Å². The van der Waals surface area contributed by atoms with Crippen LogP contribution in [-0.4, -0.2) is 18.0 Å². The van der Waals surface area contributed by atoms with E-state index in [1.54, 1.807) is 11.7 Å². The summed E-state index contributed by atoms with van der Waals surface area (Å²) in [5.41, 5.74) is 1.67. The first-order valence-electron chi connectivity index (χ1n) is 2.36. The molecular weight excluding hydrogens is 136 g/mol. The standard InChI is InChI=1S/C5H6N2OS/c1-8-5(6)4-2-7-3-9-4/h2-3,6H,1H3. The van der Waals surface area contributed by atoms with Crippen molar-refractivity contribution in [1.29, 1.82) is 5.41 Å². The molecule has 1 heterocycles. The van der Waals surface area contributed by atoms with Crippen molar-refractivity contribution in [3.63, 3.8) is 0 Å². The van der Waals surface area contributed by atoms with Crippen LogP contribution in [0.2, 0.25) is 0 Å². The normalized spacial score (nSPS) is 9.00. The molecule has 0 aliphatic rings. The molecule has 0 saturated carbocycles. The fourth-order valence-electron chi connectivity index (χ4n) is 0.429. The van der Waals surface area contributed by atoms with Gasteiger partial charge in [-0.15, -0.1) is 11.3 Å². The summed E-state index contributed by atoms with van der Waals surface area (Å²) in [4.78, 5) is 4.55. The van der Waals surface area contributed by atoms with E-state index in [0.29, 0.717) is 0 Å². The van der Waals surface area contributed by atoms with Crippen molar-refractivity contribution in [2.45, 2.75) is 0 Å². The lowest BCUT2D eigenvalue weighted by atomic mass is 10.5. The molecule has 1 aromatic heterocycles. The van der Waals surface area contributed by atoms with E-state index >= 15 is 0 Å². The van der Waals surface area contributed by atoms with Crippen LogP contribution < -0.4 is 0 Å². The Bertz CT molecular complexity index is 195. The highest BCUT2D eigenvalue weighted by Crippen LogP contribution is 2.05. The van der Waals surface area contributed by atoms with Gasteiger partial charge in [-0.25, -0.2) is 0 Å². The molecule has 3 nitrogen and oxygen atoms in total. The van der Waals surface area contributed by atoms with Gasteiger partial charge in [0.05, 0.1) is 18.8 Å². The summed E-state index contributed by atoms with van der Waals surface area (Å²) in [6.45, 7) is 0. The number of methoxy groups -OCH3 is 1. The Morgan fingerprint density at radius 1 is 1.89 bits per heavy atom. The monoisotopic (exact) mass is 142 g/mol. The smallest absolute Gasteiger partial charge is 0.224 e. The van der Waals surface area contributed by atoms with Crippen LogP contribution in [0.4, 0.5) is 0 Å². The van der Waals surface area contributed by atoms with Crippen LogP contribution in [0.3, 0.4) is 0 Å². The molecule has 1 N–H and O–H groups in total. The molecule has 0 bridgehead atoms. The molecule has 0 radical (unpaired) electrons. The Kier molecular flexibility index (Phi) is 1.79. The van der Waals surface area contributed by atoms with Crippen LogP contribution in [0.25, 0.3) is 0 Å². The van der Waals surface area contributed by atoms with E-state index in [0.717, 1.165) is 4.88 Å². The first kappa shape index (κ1) is 6.22. The van der Waals surface area contributed by atoms with Crippen LogP contribution in [0.1, 0.15) is 4.88 Å². The zero-order valence-electron chi connectivity index (χ0n) is 4.92. The topological polar surface area (TPSA) is 46.0 Å². The van der Waals surface area contributed by atoms with Crippen LogP contribution in [0, 0.1) is 5.41 Å². The predicted octanol–water partition coefficient (Wildman–Crippen LogP) is 1.11. The largest absolute Gasteiger partial charge is 0.480 e. The van der Waals surface area contributed by atoms with Crippen molar-refractivity contribution < 1.29 is 4.74 Å². The number of hydrogen-bond donors (Lipinski definition) is 1. The third kappa shape index (κ3) is 1.26. The molecule has 0 aromatic carbocycles. The summed E-state index contributed by atoms with van der Waals surface area (Å²) >= 11 is 1.39. The van der Waals surface area contributed by atoms with Crippen molar-refractivity contribution in [2.24, 2.45) is 0 Å². The molecule has 0 unspecified atom stereocenters. The van der Waals surface area contributed by atoms with Crippen LogP contribution in [-0.2, 0) is 4.74 Å². The molecule has 1 rings (SSSR count). The zero-order chi connectivity index (χ0) is 6.69. The van der Waals surface area contributed by atoms with Crippen LogP contribution >= 0.6 is 11.3 Å². The van der Waals surface area contributed by atoms with Gasteiger partial charge in [-0.3, -0.25) is 10.4 Å². The third-order valence-electron chi connectivity index (χ3n) is 0.860. The summed E-state index contributed by atoms with van der Waals surface area (Å²) in [7, 11) is 1.47. The fraction of sp³-hybridized carbons (Fsp3) is 0.200. The molecule has 9 heavy (non-hydrogen) atoms.